The number of aromatic nitrogens is 4. The molecule has 1 aliphatic carbocycles. The summed E-state index contributed by atoms with van der Waals surface area (Å²) >= 11 is 0. The first-order valence-electron chi connectivity index (χ1n) is 8.34. The predicted octanol–water partition coefficient (Wildman–Crippen LogP) is 1.28. The number of carbonyl (C=O) groups is 1. The number of fused-ring (bicyclic) bond motifs is 1. The molecule has 23 heavy (non-hydrogen) atoms. The summed E-state index contributed by atoms with van der Waals surface area (Å²) in [5.41, 5.74) is 2.75. The van der Waals surface area contributed by atoms with E-state index in [1.807, 2.05) is 17.9 Å². The van der Waals surface area contributed by atoms with Gasteiger partial charge in [-0.15, -0.1) is 0 Å². The highest BCUT2D eigenvalue weighted by molar-refractivity contribution is 6.02. The molecule has 2 aliphatic rings. The Bertz CT molecular complexity index is 725. The van der Waals surface area contributed by atoms with Crippen LogP contribution in [0.1, 0.15) is 47.1 Å². The Balaban J connectivity index is 1.50. The maximum Gasteiger partial charge on any atom is 0.277 e. The molecule has 2 aromatic heterocycles. The van der Waals surface area contributed by atoms with E-state index in [1.165, 1.54) is 5.56 Å². The number of nitrogens with one attached hydrogen (secondary N) is 2. The number of amides is 1. The van der Waals surface area contributed by atoms with E-state index < -0.39 is 0 Å². The average molecular weight is 314 g/mol. The Kier molecular flexibility index (Phi) is 3.65. The molecule has 1 atom stereocenters. The van der Waals surface area contributed by atoms with E-state index in [1.54, 1.807) is 10.7 Å². The largest absolute Gasteiger partial charge is 0.315 e. The normalized spacial score (nSPS) is 20.5. The van der Waals surface area contributed by atoms with Crippen molar-refractivity contribution in [1.29, 1.82) is 0 Å². The van der Waals surface area contributed by atoms with Crippen LogP contribution in [0.5, 0.6) is 0 Å². The summed E-state index contributed by atoms with van der Waals surface area (Å²) in [5.74, 6) is 0.654. The molecule has 0 bridgehead atoms. The van der Waals surface area contributed by atoms with Crippen molar-refractivity contribution in [3.8, 4) is 0 Å². The van der Waals surface area contributed by atoms with Gasteiger partial charge in [0.1, 0.15) is 5.82 Å². The molecule has 1 saturated heterocycles. The molecule has 2 aromatic rings. The van der Waals surface area contributed by atoms with Gasteiger partial charge in [-0.3, -0.25) is 14.2 Å². The Hall–Kier alpha value is -2.15. The molecule has 122 valence electrons. The fourth-order valence-corrected chi connectivity index (χ4v) is 3.57. The molecule has 1 fully saturated rings. The fraction of sp³-hybridized carbons (Fsp3) is 0.562. The summed E-state index contributed by atoms with van der Waals surface area (Å²) in [6.07, 6.45) is 7.26. The van der Waals surface area contributed by atoms with Crippen molar-refractivity contribution >= 4 is 11.7 Å². The minimum Gasteiger partial charge on any atom is -0.315 e. The zero-order valence-electron chi connectivity index (χ0n) is 13.4. The molecule has 0 radical (unpaired) electrons. The average Bonchev–Trinajstić information content (AvgIpc) is 3.27. The molecule has 2 N–H and O–H groups in total. The van der Waals surface area contributed by atoms with Gasteiger partial charge < -0.3 is 10.6 Å². The molecule has 7 nitrogen and oxygen atoms in total. The van der Waals surface area contributed by atoms with Gasteiger partial charge in [0.05, 0.1) is 11.7 Å². The zero-order valence-corrected chi connectivity index (χ0v) is 13.4. The third kappa shape index (κ3) is 2.65. The molecule has 4 rings (SSSR count). The highest BCUT2D eigenvalue weighted by atomic mass is 16.2. The van der Waals surface area contributed by atoms with E-state index in [0.29, 0.717) is 11.7 Å². The molecule has 1 aliphatic heterocycles. The SMILES string of the molecule is Cn1nc2c(c1NC(=O)c1ccn(C3CCCNC3)n1)CCC2. The van der Waals surface area contributed by atoms with Crippen molar-refractivity contribution < 1.29 is 4.79 Å². The number of nitrogens with zero attached hydrogens (tertiary/aromatic N) is 4. The van der Waals surface area contributed by atoms with Crippen molar-refractivity contribution in [2.24, 2.45) is 7.05 Å². The number of carbonyl (C=O) groups excluding carboxylic acids is 1. The smallest absolute Gasteiger partial charge is 0.277 e. The molecule has 3 heterocycles. The van der Waals surface area contributed by atoms with Gasteiger partial charge in [0, 0.05) is 25.4 Å². The number of aryl methyl sites for hydroxylation is 2. The van der Waals surface area contributed by atoms with Crippen molar-refractivity contribution in [3.63, 3.8) is 0 Å². The molecular formula is C16H22N6O. The highest BCUT2D eigenvalue weighted by Gasteiger charge is 2.23. The topological polar surface area (TPSA) is 76.8 Å². The van der Waals surface area contributed by atoms with Crippen LogP contribution < -0.4 is 10.6 Å². The lowest BCUT2D eigenvalue weighted by Gasteiger charge is -2.22. The Morgan fingerprint density at radius 2 is 2.26 bits per heavy atom. The third-order valence-corrected chi connectivity index (χ3v) is 4.79. The van der Waals surface area contributed by atoms with Crippen LogP contribution in [0.25, 0.3) is 0 Å². The molecular weight excluding hydrogens is 292 g/mol. The van der Waals surface area contributed by atoms with E-state index in [-0.39, 0.29) is 5.91 Å². The van der Waals surface area contributed by atoms with Gasteiger partial charge >= 0.3 is 0 Å². The van der Waals surface area contributed by atoms with Gasteiger partial charge in [-0.05, 0) is 44.7 Å². The lowest BCUT2D eigenvalue weighted by atomic mass is 10.1. The van der Waals surface area contributed by atoms with Crippen LogP contribution >= 0.6 is 0 Å². The summed E-state index contributed by atoms with van der Waals surface area (Å²) in [6, 6.07) is 2.13. The maximum absolute atomic E-state index is 12.5. The predicted molar refractivity (Wildman–Crippen MR) is 86.6 cm³/mol. The van der Waals surface area contributed by atoms with E-state index in [2.05, 4.69) is 20.8 Å². The van der Waals surface area contributed by atoms with Gasteiger partial charge in [0.15, 0.2) is 5.69 Å². The van der Waals surface area contributed by atoms with Crippen LogP contribution in [0.2, 0.25) is 0 Å². The van der Waals surface area contributed by atoms with E-state index >= 15 is 0 Å². The van der Waals surface area contributed by atoms with E-state index in [0.717, 1.165) is 56.7 Å². The first-order valence-corrected chi connectivity index (χ1v) is 8.34. The second-order valence-electron chi connectivity index (χ2n) is 6.39. The molecule has 7 heteroatoms. The second-order valence-corrected chi connectivity index (χ2v) is 6.39. The standard InChI is InChI=1S/C16H22N6O/c1-21-15(12-5-2-6-13(12)19-21)18-16(23)14-7-9-22(20-14)11-4-3-8-17-10-11/h7,9,11,17H,2-6,8,10H2,1H3,(H,18,23). The van der Waals surface area contributed by atoms with Gasteiger partial charge in [-0.25, -0.2) is 0 Å². The summed E-state index contributed by atoms with van der Waals surface area (Å²) in [4.78, 5) is 12.5. The van der Waals surface area contributed by atoms with Crippen LogP contribution in [0, 0.1) is 0 Å². The van der Waals surface area contributed by atoms with E-state index in [9.17, 15) is 4.79 Å². The van der Waals surface area contributed by atoms with Crippen molar-refractivity contribution in [2.45, 2.75) is 38.1 Å². The quantitative estimate of drug-likeness (QED) is 0.895. The van der Waals surface area contributed by atoms with Gasteiger partial charge in [0.25, 0.3) is 5.91 Å². The molecule has 1 unspecified atom stereocenters. The van der Waals surface area contributed by atoms with Crippen LogP contribution in [0.4, 0.5) is 5.82 Å². The summed E-state index contributed by atoms with van der Waals surface area (Å²) in [5, 5.41) is 15.3. The Morgan fingerprint density at radius 1 is 1.35 bits per heavy atom. The minimum atomic E-state index is -0.162. The van der Waals surface area contributed by atoms with Crippen molar-refractivity contribution in [2.75, 3.05) is 18.4 Å². The summed E-state index contributed by atoms with van der Waals surface area (Å²) in [7, 11) is 1.88. The minimum absolute atomic E-state index is 0.162. The van der Waals surface area contributed by atoms with Gasteiger partial charge in [-0.2, -0.15) is 10.2 Å². The van der Waals surface area contributed by atoms with Gasteiger partial charge in [0.2, 0.25) is 0 Å². The van der Waals surface area contributed by atoms with Crippen LogP contribution in [-0.2, 0) is 19.9 Å². The third-order valence-electron chi connectivity index (χ3n) is 4.79. The molecule has 0 spiro atoms. The van der Waals surface area contributed by atoms with Crippen LogP contribution in [0.3, 0.4) is 0 Å². The molecule has 1 amide bonds. The zero-order chi connectivity index (χ0) is 15.8. The molecule has 0 saturated carbocycles. The first kappa shape index (κ1) is 14.4. The Labute approximate surface area is 135 Å². The number of hydrogen-bond donors (Lipinski definition) is 2. The summed E-state index contributed by atoms with van der Waals surface area (Å²) < 4.78 is 3.68. The second kappa shape index (κ2) is 5.81. The summed E-state index contributed by atoms with van der Waals surface area (Å²) in [6.45, 7) is 1.98. The van der Waals surface area contributed by atoms with Crippen LogP contribution in [0.15, 0.2) is 12.3 Å². The monoisotopic (exact) mass is 314 g/mol. The van der Waals surface area contributed by atoms with Crippen LogP contribution in [-0.4, -0.2) is 38.6 Å². The number of anilines is 1. The highest BCUT2D eigenvalue weighted by Crippen LogP contribution is 2.28. The van der Waals surface area contributed by atoms with Crippen molar-refractivity contribution in [3.05, 3.63) is 29.2 Å². The number of piperidine rings is 1. The number of rotatable bonds is 3. The van der Waals surface area contributed by atoms with Crippen molar-refractivity contribution in [1.82, 2.24) is 24.9 Å². The van der Waals surface area contributed by atoms with Gasteiger partial charge in [-0.1, -0.05) is 0 Å². The lowest BCUT2D eigenvalue weighted by Crippen LogP contribution is -2.32. The number of hydrogen-bond acceptors (Lipinski definition) is 4. The lowest BCUT2D eigenvalue weighted by molar-refractivity contribution is 0.102. The first-order chi connectivity index (χ1) is 11.2. The Morgan fingerprint density at radius 3 is 3.09 bits per heavy atom. The molecule has 0 aromatic carbocycles. The van der Waals surface area contributed by atoms with E-state index in [4.69, 9.17) is 0 Å². The maximum atomic E-state index is 12.5. The fourth-order valence-electron chi connectivity index (χ4n) is 3.57.